The van der Waals surface area contributed by atoms with E-state index in [1.807, 2.05) is 48.5 Å². The molecule has 40 heavy (non-hydrogen) atoms. The van der Waals surface area contributed by atoms with Crippen LogP contribution in [0.3, 0.4) is 0 Å². The first-order valence-electron chi connectivity index (χ1n) is 12.5. The van der Waals surface area contributed by atoms with Crippen molar-refractivity contribution < 1.29 is 24.2 Å². The average molecular weight is 624 g/mol. The van der Waals surface area contributed by atoms with Crippen LogP contribution in [-0.4, -0.2) is 32.6 Å². The lowest BCUT2D eigenvalue weighted by atomic mass is 9.91. The molecule has 0 saturated carbocycles. The summed E-state index contributed by atoms with van der Waals surface area (Å²) in [6.45, 7) is 3.54. The number of alkyl halides is 3. The van der Waals surface area contributed by atoms with E-state index in [1.165, 1.54) is 6.92 Å². The van der Waals surface area contributed by atoms with E-state index in [9.17, 15) is 14.7 Å². The number of carbonyl (C=O) groups is 2. The van der Waals surface area contributed by atoms with E-state index in [-0.39, 0.29) is 30.6 Å². The van der Waals surface area contributed by atoms with Crippen LogP contribution in [0.25, 0.3) is 0 Å². The summed E-state index contributed by atoms with van der Waals surface area (Å²) in [4.78, 5) is 24.4. The monoisotopic (exact) mass is 622 g/mol. The maximum Gasteiger partial charge on any atom is 0.276 e. The molecule has 4 atom stereocenters. The first-order valence-corrected chi connectivity index (χ1v) is 14.6. The van der Waals surface area contributed by atoms with Gasteiger partial charge in [-0.3, -0.25) is 9.59 Å². The summed E-state index contributed by atoms with van der Waals surface area (Å²) in [5.41, 5.74) is 3.79. The van der Waals surface area contributed by atoms with Crippen LogP contribution in [0.5, 0.6) is 0 Å². The van der Waals surface area contributed by atoms with Gasteiger partial charge in [-0.15, -0.1) is 11.8 Å². The van der Waals surface area contributed by atoms with Gasteiger partial charge in [0.05, 0.1) is 18.8 Å². The molecule has 2 amide bonds. The third kappa shape index (κ3) is 8.13. The molecule has 212 valence electrons. The van der Waals surface area contributed by atoms with E-state index < -0.39 is 16.0 Å². The summed E-state index contributed by atoms with van der Waals surface area (Å²) >= 11 is 18.6. The van der Waals surface area contributed by atoms with Crippen LogP contribution in [0.4, 0.5) is 11.4 Å². The molecular formula is C29H29Cl3N2O5S. The van der Waals surface area contributed by atoms with Crippen molar-refractivity contribution >= 4 is 69.8 Å². The fourth-order valence-corrected chi connectivity index (χ4v) is 5.46. The lowest BCUT2D eigenvalue weighted by molar-refractivity contribution is -0.268. The zero-order valence-corrected chi connectivity index (χ0v) is 24.9. The molecule has 1 aliphatic heterocycles. The summed E-state index contributed by atoms with van der Waals surface area (Å²) in [6, 6.07) is 22.4. The number of carbonyl (C=O) groups excluding carboxylic acids is 2. The predicted molar refractivity (Wildman–Crippen MR) is 160 cm³/mol. The molecule has 0 bridgehead atoms. The topological polar surface area (TPSA) is 96.9 Å². The number of hydrogen-bond acceptors (Lipinski definition) is 6. The number of amides is 2. The highest BCUT2D eigenvalue weighted by molar-refractivity contribution is 7.99. The molecule has 0 spiro atoms. The Hall–Kier alpha value is -2.30. The number of thioether (sulfide) groups is 1. The number of nitrogens with one attached hydrogen (secondary N) is 2. The second kappa shape index (κ2) is 13.6. The summed E-state index contributed by atoms with van der Waals surface area (Å²) in [7, 11) is 0. The minimum absolute atomic E-state index is 0.0187. The molecule has 1 saturated heterocycles. The average Bonchev–Trinajstić information content (AvgIpc) is 2.93. The fraction of sp³-hybridized carbons (Fsp3) is 0.310. The van der Waals surface area contributed by atoms with Gasteiger partial charge in [0.2, 0.25) is 5.91 Å². The number of hydrogen-bond donors (Lipinski definition) is 3. The zero-order valence-electron chi connectivity index (χ0n) is 21.8. The molecule has 4 rings (SSSR count). The second-order valence-corrected chi connectivity index (χ2v) is 12.8. The molecule has 1 heterocycles. The number of anilines is 2. The van der Waals surface area contributed by atoms with Crippen LogP contribution < -0.4 is 10.6 Å². The lowest BCUT2D eigenvalue weighted by Crippen LogP contribution is -2.38. The smallest absolute Gasteiger partial charge is 0.276 e. The Kier molecular flexibility index (Phi) is 10.4. The molecule has 11 heteroatoms. The van der Waals surface area contributed by atoms with Gasteiger partial charge in [-0.05, 0) is 47.5 Å². The Morgan fingerprint density at radius 2 is 1.45 bits per heavy atom. The highest BCUT2D eigenvalue weighted by atomic mass is 35.6. The molecule has 3 N–H and O–H groups in total. The van der Waals surface area contributed by atoms with E-state index >= 15 is 0 Å². The van der Waals surface area contributed by atoms with Gasteiger partial charge in [0.25, 0.3) is 9.70 Å². The third-order valence-electron chi connectivity index (χ3n) is 6.41. The van der Waals surface area contributed by atoms with Crippen molar-refractivity contribution in [3.8, 4) is 0 Å². The van der Waals surface area contributed by atoms with E-state index in [1.54, 1.807) is 36.0 Å². The Bertz CT molecular complexity index is 1300. The van der Waals surface area contributed by atoms with Crippen molar-refractivity contribution in [1.82, 2.24) is 0 Å². The summed E-state index contributed by atoms with van der Waals surface area (Å²) in [5.74, 6) is -0.180. The van der Waals surface area contributed by atoms with Gasteiger partial charge in [0, 0.05) is 40.4 Å². The van der Waals surface area contributed by atoms with Crippen LogP contribution in [0.15, 0.2) is 77.7 Å². The van der Waals surface area contributed by atoms with Crippen LogP contribution in [0.2, 0.25) is 0 Å². The van der Waals surface area contributed by atoms with Gasteiger partial charge in [0.1, 0.15) is 0 Å². The standard InChI is InChI=1S/C29H29Cl3N2O5S/c1-17-25(16-40-24-13-11-22(12-14-24)33-18(2)36)38-27(39-26(17)20-5-3-19(15-35)4-6-20)21-7-9-23(10-8-21)34-28(37)29(30,31)32/h3-14,17,25-27,35H,15-16H2,1-2H3,(H,33,36)(H,34,37)/t17-,25+,26+,27+/m0/s1. The summed E-state index contributed by atoms with van der Waals surface area (Å²) < 4.78 is 10.9. The predicted octanol–water partition coefficient (Wildman–Crippen LogP) is 7.03. The Labute approximate surface area is 252 Å². The van der Waals surface area contributed by atoms with Gasteiger partial charge in [0.15, 0.2) is 6.29 Å². The molecular weight excluding hydrogens is 595 g/mol. The van der Waals surface area contributed by atoms with E-state index in [0.717, 1.165) is 27.3 Å². The first-order chi connectivity index (χ1) is 19.0. The minimum Gasteiger partial charge on any atom is -0.392 e. The van der Waals surface area contributed by atoms with Crippen LogP contribution in [0, 0.1) is 5.92 Å². The van der Waals surface area contributed by atoms with Crippen molar-refractivity contribution in [2.45, 2.75) is 47.6 Å². The molecule has 1 fully saturated rings. The number of halogens is 3. The van der Waals surface area contributed by atoms with Crippen molar-refractivity contribution in [3.05, 3.63) is 89.5 Å². The van der Waals surface area contributed by atoms with Crippen molar-refractivity contribution in [2.75, 3.05) is 16.4 Å². The Balaban J connectivity index is 1.52. The van der Waals surface area contributed by atoms with Crippen LogP contribution in [-0.2, 0) is 25.7 Å². The SMILES string of the molecule is CC(=O)Nc1ccc(SC[C@H]2O[C@@H](c3ccc(NC(=O)C(Cl)(Cl)Cl)cc3)O[C@@H](c3ccc(CO)cc3)[C@H]2C)cc1. The van der Waals surface area contributed by atoms with E-state index in [2.05, 4.69) is 17.6 Å². The minimum atomic E-state index is -2.07. The normalized spacial score (nSPS) is 21.1. The fourth-order valence-electron chi connectivity index (χ4n) is 4.25. The largest absolute Gasteiger partial charge is 0.392 e. The van der Waals surface area contributed by atoms with Gasteiger partial charge in [-0.25, -0.2) is 0 Å². The van der Waals surface area contributed by atoms with Gasteiger partial charge >= 0.3 is 0 Å². The molecule has 1 aliphatic rings. The van der Waals surface area contributed by atoms with Crippen LogP contribution >= 0.6 is 46.6 Å². The summed E-state index contributed by atoms with van der Waals surface area (Å²) in [6.07, 6.45) is -1.09. The first kappa shape index (κ1) is 30.7. The lowest BCUT2D eigenvalue weighted by Gasteiger charge is -2.41. The van der Waals surface area contributed by atoms with Crippen molar-refractivity contribution in [3.63, 3.8) is 0 Å². The number of benzene rings is 3. The number of ether oxygens (including phenoxy) is 2. The van der Waals surface area contributed by atoms with E-state index in [4.69, 9.17) is 44.3 Å². The highest BCUT2D eigenvalue weighted by Gasteiger charge is 2.38. The van der Waals surface area contributed by atoms with Crippen molar-refractivity contribution in [2.24, 2.45) is 5.92 Å². The molecule has 3 aromatic carbocycles. The number of aliphatic hydroxyl groups excluding tert-OH is 1. The number of aliphatic hydroxyl groups is 1. The van der Waals surface area contributed by atoms with Gasteiger partial charge in [-0.1, -0.05) is 78.1 Å². The maximum atomic E-state index is 12.0. The molecule has 0 radical (unpaired) electrons. The van der Waals surface area contributed by atoms with E-state index in [0.29, 0.717) is 11.4 Å². The van der Waals surface area contributed by atoms with Crippen molar-refractivity contribution in [1.29, 1.82) is 0 Å². The maximum absolute atomic E-state index is 12.0. The third-order valence-corrected chi connectivity index (χ3v) is 8.03. The van der Waals surface area contributed by atoms with Gasteiger partial charge < -0.3 is 25.2 Å². The summed E-state index contributed by atoms with van der Waals surface area (Å²) in [5, 5.41) is 14.8. The quantitative estimate of drug-likeness (QED) is 0.184. The molecule has 7 nitrogen and oxygen atoms in total. The molecule has 0 aromatic heterocycles. The highest BCUT2D eigenvalue weighted by Crippen LogP contribution is 2.43. The van der Waals surface area contributed by atoms with Gasteiger partial charge in [-0.2, -0.15) is 0 Å². The second-order valence-electron chi connectivity index (χ2n) is 9.41. The zero-order chi connectivity index (χ0) is 28.9. The Morgan fingerprint density at radius 3 is 2.02 bits per heavy atom. The Morgan fingerprint density at radius 1 is 0.875 bits per heavy atom. The molecule has 0 aliphatic carbocycles. The van der Waals surface area contributed by atoms with Crippen LogP contribution in [0.1, 0.15) is 42.9 Å². The number of rotatable bonds is 8. The molecule has 0 unspecified atom stereocenters. The molecule has 3 aromatic rings.